The fourth-order valence-electron chi connectivity index (χ4n) is 1.55. The number of ether oxygens (including phenoxy) is 2. The van der Waals surface area contributed by atoms with Crippen molar-refractivity contribution >= 4 is 5.88 Å². The Labute approximate surface area is 114 Å². The van der Waals surface area contributed by atoms with E-state index in [0.717, 1.165) is 0 Å². The second-order valence-corrected chi connectivity index (χ2v) is 3.76. The Bertz CT molecular complexity index is 672. The zero-order chi connectivity index (χ0) is 14.5. The van der Waals surface area contributed by atoms with Gasteiger partial charge in [0.05, 0.1) is 24.8 Å². The summed E-state index contributed by atoms with van der Waals surface area (Å²) in [4.78, 5) is 9.86. The molecule has 0 spiro atoms. The molecule has 2 rings (SSSR count). The van der Waals surface area contributed by atoms with Gasteiger partial charge in [0, 0.05) is 6.07 Å². The van der Waals surface area contributed by atoms with Crippen LogP contribution in [-0.4, -0.2) is 12.0 Å². The van der Waals surface area contributed by atoms with Gasteiger partial charge in [0.15, 0.2) is 11.5 Å². The van der Waals surface area contributed by atoms with E-state index >= 15 is 0 Å². The highest BCUT2D eigenvalue weighted by Gasteiger charge is 2.13. The first-order chi connectivity index (χ1) is 9.63. The molecule has 0 unspecified atom stereocenters. The number of hydrogen-bond donors (Lipinski definition) is 0. The molecule has 7 heteroatoms. The van der Waals surface area contributed by atoms with E-state index in [1.165, 1.54) is 19.2 Å². The fourth-order valence-corrected chi connectivity index (χ4v) is 1.55. The lowest BCUT2D eigenvalue weighted by Crippen LogP contribution is -1.97. The Hall–Kier alpha value is -3.01. The predicted octanol–water partition coefficient (Wildman–Crippen LogP) is 2.65. The largest absolute Gasteiger partial charge is 0.493 e. The van der Waals surface area contributed by atoms with Crippen LogP contribution in [0.25, 0.3) is 0 Å². The zero-order valence-electron chi connectivity index (χ0n) is 10.5. The summed E-state index contributed by atoms with van der Waals surface area (Å²) < 4.78 is 15.5. The van der Waals surface area contributed by atoms with Crippen LogP contribution in [0.1, 0.15) is 11.3 Å². The lowest BCUT2D eigenvalue weighted by Gasteiger charge is -2.09. The summed E-state index contributed by atoms with van der Waals surface area (Å²) in [7, 11) is 1.46. The summed E-state index contributed by atoms with van der Waals surface area (Å²) in [5, 5.41) is 19.3. The van der Waals surface area contributed by atoms with Crippen molar-refractivity contribution in [3.63, 3.8) is 0 Å². The van der Waals surface area contributed by atoms with Gasteiger partial charge in [-0.2, -0.15) is 5.26 Å². The molecule has 7 nitrogen and oxygen atoms in total. The molecule has 1 aromatic heterocycles. The van der Waals surface area contributed by atoms with Crippen LogP contribution in [0.2, 0.25) is 0 Å². The number of nitrogens with zero attached hydrogens (tertiary/aromatic N) is 2. The average molecular weight is 274 g/mol. The van der Waals surface area contributed by atoms with Crippen LogP contribution >= 0.6 is 0 Å². The van der Waals surface area contributed by atoms with Gasteiger partial charge < -0.3 is 13.9 Å². The van der Waals surface area contributed by atoms with Crippen LogP contribution in [0.5, 0.6) is 11.5 Å². The molecule has 0 aliphatic carbocycles. The molecule has 1 aromatic carbocycles. The van der Waals surface area contributed by atoms with Gasteiger partial charge in [-0.1, -0.05) is 0 Å². The van der Waals surface area contributed by atoms with Crippen LogP contribution < -0.4 is 9.47 Å². The maximum absolute atomic E-state index is 10.5. The first-order valence-electron chi connectivity index (χ1n) is 5.58. The zero-order valence-corrected chi connectivity index (χ0v) is 10.5. The summed E-state index contributed by atoms with van der Waals surface area (Å²) in [6.45, 7) is 0.0239. The van der Waals surface area contributed by atoms with E-state index in [2.05, 4.69) is 0 Å². The molecule has 0 saturated heterocycles. The van der Waals surface area contributed by atoms with Crippen LogP contribution in [-0.2, 0) is 6.61 Å². The number of nitriles is 1. The van der Waals surface area contributed by atoms with Crippen molar-refractivity contribution in [1.29, 1.82) is 5.26 Å². The number of methoxy groups -OCH3 is 1. The van der Waals surface area contributed by atoms with Crippen molar-refractivity contribution in [3.05, 3.63) is 51.8 Å². The van der Waals surface area contributed by atoms with E-state index in [-0.39, 0.29) is 12.5 Å². The minimum Gasteiger partial charge on any atom is -0.493 e. The topological polar surface area (TPSA) is 98.5 Å². The monoisotopic (exact) mass is 274 g/mol. The summed E-state index contributed by atoms with van der Waals surface area (Å²) in [6.07, 6.45) is 0. The summed E-state index contributed by atoms with van der Waals surface area (Å²) in [6, 6.07) is 9.43. The van der Waals surface area contributed by atoms with Crippen LogP contribution in [0.3, 0.4) is 0 Å². The summed E-state index contributed by atoms with van der Waals surface area (Å²) in [5.41, 5.74) is 0.447. The van der Waals surface area contributed by atoms with Gasteiger partial charge in [-0.3, -0.25) is 10.1 Å². The molecular formula is C13H10N2O5. The number of benzene rings is 1. The Morgan fingerprint density at radius 2 is 2.15 bits per heavy atom. The number of rotatable bonds is 5. The van der Waals surface area contributed by atoms with Gasteiger partial charge in [-0.15, -0.1) is 0 Å². The van der Waals surface area contributed by atoms with E-state index < -0.39 is 4.92 Å². The third-order valence-corrected chi connectivity index (χ3v) is 2.49. The second-order valence-electron chi connectivity index (χ2n) is 3.76. The highest BCUT2D eigenvalue weighted by Crippen LogP contribution is 2.29. The van der Waals surface area contributed by atoms with Crippen LogP contribution in [0.4, 0.5) is 5.88 Å². The van der Waals surface area contributed by atoms with Gasteiger partial charge in [-0.25, -0.2) is 0 Å². The normalized spacial score (nSPS) is 9.80. The standard InChI is InChI=1S/C13H10N2O5/c1-18-12-6-9(7-14)2-4-11(12)19-8-10-3-5-13(20-10)15(16)17/h2-6H,8H2,1H3. The van der Waals surface area contributed by atoms with Crippen molar-refractivity contribution in [3.8, 4) is 17.6 Å². The first-order valence-corrected chi connectivity index (χ1v) is 5.58. The Balaban J connectivity index is 2.10. The highest BCUT2D eigenvalue weighted by molar-refractivity contribution is 5.46. The molecule has 0 saturated carbocycles. The maximum atomic E-state index is 10.5. The van der Waals surface area contributed by atoms with Gasteiger partial charge >= 0.3 is 5.88 Å². The Morgan fingerprint density at radius 1 is 1.35 bits per heavy atom. The van der Waals surface area contributed by atoms with Crippen molar-refractivity contribution in [2.24, 2.45) is 0 Å². The van der Waals surface area contributed by atoms with Crippen molar-refractivity contribution < 1.29 is 18.8 Å². The second kappa shape index (κ2) is 5.75. The minimum atomic E-state index is -0.619. The van der Waals surface area contributed by atoms with Crippen LogP contribution in [0, 0.1) is 21.4 Å². The fraction of sp³-hybridized carbons (Fsp3) is 0.154. The minimum absolute atomic E-state index is 0.0239. The molecule has 102 valence electrons. The third-order valence-electron chi connectivity index (χ3n) is 2.49. The number of furan rings is 1. The first kappa shape index (κ1) is 13.4. The lowest BCUT2D eigenvalue weighted by molar-refractivity contribution is -0.402. The Morgan fingerprint density at radius 3 is 2.75 bits per heavy atom. The van der Waals surface area contributed by atoms with Crippen molar-refractivity contribution in [2.75, 3.05) is 7.11 Å². The maximum Gasteiger partial charge on any atom is 0.433 e. The molecule has 0 atom stereocenters. The molecule has 0 fully saturated rings. The molecule has 2 aromatic rings. The molecule has 0 amide bonds. The smallest absolute Gasteiger partial charge is 0.433 e. The van der Waals surface area contributed by atoms with E-state index in [1.54, 1.807) is 18.2 Å². The van der Waals surface area contributed by atoms with Gasteiger partial charge in [0.2, 0.25) is 0 Å². The van der Waals surface area contributed by atoms with Gasteiger partial charge in [-0.05, 0) is 18.2 Å². The van der Waals surface area contributed by atoms with E-state index in [4.69, 9.17) is 19.2 Å². The average Bonchev–Trinajstić information content (AvgIpc) is 2.94. The summed E-state index contributed by atoms with van der Waals surface area (Å²) >= 11 is 0. The van der Waals surface area contributed by atoms with Crippen molar-refractivity contribution in [1.82, 2.24) is 0 Å². The molecule has 20 heavy (non-hydrogen) atoms. The van der Waals surface area contributed by atoms with E-state index in [1.807, 2.05) is 6.07 Å². The number of hydrogen-bond acceptors (Lipinski definition) is 6. The molecule has 0 aliphatic rings. The van der Waals surface area contributed by atoms with Gasteiger partial charge in [0.1, 0.15) is 17.3 Å². The Kier molecular flexibility index (Phi) is 3.86. The van der Waals surface area contributed by atoms with E-state index in [0.29, 0.717) is 22.8 Å². The van der Waals surface area contributed by atoms with Crippen LogP contribution in [0.15, 0.2) is 34.7 Å². The number of nitro groups is 1. The van der Waals surface area contributed by atoms with E-state index in [9.17, 15) is 10.1 Å². The quantitative estimate of drug-likeness (QED) is 0.614. The third kappa shape index (κ3) is 2.87. The predicted molar refractivity (Wildman–Crippen MR) is 67.4 cm³/mol. The molecule has 1 heterocycles. The lowest BCUT2D eigenvalue weighted by atomic mass is 10.2. The highest BCUT2D eigenvalue weighted by atomic mass is 16.6. The molecule has 0 bridgehead atoms. The molecular weight excluding hydrogens is 264 g/mol. The van der Waals surface area contributed by atoms with Gasteiger partial charge in [0.25, 0.3) is 0 Å². The summed E-state index contributed by atoms with van der Waals surface area (Å²) in [5.74, 6) is 0.814. The molecule has 0 N–H and O–H groups in total. The van der Waals surface area contributed by atoms with Crippen molar-refractivity contribution in [2.45, 2.75) is 6.61 Å². The SMILES string of the molecule is COc1cc(C#N)ccc1OCc1ccc([N+](=O)[O-])o1. The molecule has 0 radical (unpaired) electrons. The molecule has 0 aliphatic heterocycles.